The highest BCUT2D eigenvalue weighted by atomic mass is 16.1. The van der Waals surface area contributed by atoms with Gasteiger partial charge in [0, 0.05) is 24.0 Å². The minimum Gasteiger partial charge on any atom is -0.299 e. The van der Waals surface area contributed by atoms with Gasteiger partial charge in [0.15, 0.2) is 5.82 Å². The summed E-state index contributed by atoms with van der Waals surface area (Å²) >= 11 is 0. The van der Waals surface area contributed by atoms with Gasteiger partial charge in [0.25, 0.3) is 0 Å². The van der Waals surface area contributed by atoms with Crippen molar-refractivity contribution < 1.29 is 0 Å². The average Bonchev–Trinajstić information content (AvgIpc) is 3.43. The molecule has 0 atom stereocenters. The van der Waals surface area contributed by atoms with E-state index in [0.717, 1.165) is 60.2 Å². The molecule has 2 aromatic carbocycles. The fourth-order valence-electron chi connectivity index (χ4n) is 3.88. The van der Waals surface area contributed by atoms with Gasteiger partial charge in [0.1, 0.15) is 0 Å². The number of hydrogen-bond donors (Lipinski definition) is 1. The van der Waals surface area contributed by atoms with Crippen LogP contribution in [-0.2, 0) is 19.5 Å². The fourth-order valence-corrected chi connectivity index (χ4v) is 3.88. The van der Waals surface area contributed by atoms with E-state index in [4.69, 9.17) is 0 Å². The van der Waals surface area contributed by atoms with Gasteiger partial charge < -0.3 is 0 Å². The number of aromatic nitrogens is 6. The largest absolute Gasteiger partial charge is 0.328 e. The van der Waals surface area contributed by atoms with Crippen molar-refractivity contribution in [2.75, 3.05) is 0 Å². The second-order valence-corrected chi connectivity index (χ2v) is 7.78. The Morgan fingerprint density at radius 2 is 1.74 bits per heavy atom. The van der Waals surface area contributed by atoms with Gasteiger partial charge >= 0.3 is 5.69 Å². The van der Waals surface area contributed by atoms with Crippen LogP contribution in [0.3, 0.4) is 0 Å². The lowest BCUT2D eigenvalue weighted by Gasteiger charge is -2.10. The fraction of sp³-hybridized carbons (Fsp3) is 0.333. The molecule has 0 aliphatic carbocycles. The smallest absolute Gasteiger partial charge is 0.299 e. The second-order valence-electron chi connectivity index (χ2n) is 7.78. The third kappa shape index (κ3) is 4.50. The molecule has 4 rings (SSSR count). The van der Waals surface area contributed by atoms with E-state index in [-0.39, 0.29) is 5.69 Å². The highest BCUT2D eigenvalue weighted by Crippen LogP contribution is 2.29. The number of aryl methyl sites for hydroxylation is 2. The highest BCUT2D eigenvalue weighted by Gasteiger charge is 2.13. The van der Waals surface area contributed by atoms with Gasteiger partial charge in [-0.1, -0.05) is 75.2 Å². The first-order chi connectivity index (χ1) is 15.2. The normalized spacial score (nSPS) is 11.2. The van der Waals surface area contributed by atoms with Crippen molar-refractivity contribution in [2.45, 2.75) is 52.6 Å². The summed E-state index contributed by atoms with van der Waals surface area (Å²) in [5, 5.41) is 14.3. The molecule has 0 amide bonds. The van der Waals surface area contributed by atoms with E-state index in [2.05, 4.69) is 64.8 Å². The number of hydrogen-bond acceptors (Lipinski definition) is 4. The Balaban J connectivity index is 1.61. The van der Waals surface area contributed by atoms with Gasteiger partial charge in [-0.05, 0) is 40.0 Å². The van der Waals surface area contributed by atoms with Crippen LogP contribution in [0.25, 0.3) is 22.5 Å². The van der Waals surface area contributed by atoms with Crippen LogP contribution in [0.1, 0.15) is 44.4 Å². The molecule has 0 radical (unpaired) electrons. The molecule has 2 heterocycles. The van der Waals surface area contributed by atoms with Crippen LogP contribution in [0.4, 0.5) is 0 Å². The van der Waals surface area contributed by atoms with Crippen LogP contribution < -0.4 is 5.69 Å². The Bertz CT molecular complexity index is 1170. The molecule has 31 heavy (non-hydrogen) atoms. The first-order valence-electron chi connectivity index (χ1n) is 10.9. The lowest BCUT2D eigenvalue weighted by atomic mass is 9.98. The molecule has 7 nitrogen and oxygen atoms in total. The maximum Gasteiger partial charge on any atom is 0.328 e. The van der Waals surface area contributed by atoms with Crippen LogP contribution >= 0.6 is 0 Å². The van der Waals surface area contributed by atoms with Gasteiger partial charge in [0.2, 0.25) is 0 Å². The number of aromatic amines is 1. The van der Waals surface area contributed by atoms with Crippen molar-refractivity contribution in [3.05, 3.63) is 76.5 Å². The molecule has 0 aliphatic rings. The number of tetrazole rings is 1. The number of nitrogens with one attached hydrogen (secondary N) is 1. The Kier molecular flexibility index (Phi) is 6.40. The lowest BCUT2D eigenvalue weighted by Crippen LogP contribution is -2.25. The summed E-state index contributed by atoms with van der Waals surface area (Å²) in [6, 6.07) is 16.4. The van der Waals surface area contributed by atoms with Gasteiger partial charge in [-0.2, -0.15) is 0 Å². The van der Waals surface area contributed by atoms with Gasteiger partial charge in [0.05, 0.1) is 6.54 Å². The molecule has 0 saturated carbocycles. The highest BCUT2D eigenvalue weighted by molar-refractivity contribution is 5.80. The quantitative estimate of drug-likeness (QED) is 0.441. The monoisotopic (exact) mass is 416 g/mol. The van der Waals surface area contributed by atoms with Crippen LogP contribution in [0.2, 0.25) is 0 Å². The van der Waals surface area contributed by atoms with Crippen molar-refractivity contribution in [1.29, 1.82) is 0 Å². The summed E-state index contributed by atoms with van der Waals surface area (Å²) in [4.78, 5) is 12.9. The van der Waals surface area contributed by atoms with E-state index in [1.54, 1.807) is 0 Å². The predicted octanol–water partition coefficient (Wildman–Crippen LogP) is 4.30. The molecular weight excluding hydrogens is 388 g/mol. The van der Waals surface area contributed by atoms with Crippen molar-refractivity contribution in [3.63, 3.8) is 0 Å². The average molecular weight is 417 g/mol. The van der Waals surface area contributed by atoms with Crippen molar-refractivity contribution >= 4 is 0 Å². The maximum atomic E-state index is 12.9. The summed E-state index contributed by atoms with van der Waals surface area (Å²) in [6.45, 7) is 5.66. The maximum absolute atomic E-state index is 12.9. The van der Waals surface area contributed by atoms with Crippen molar-refractivity contribution in [3.8, 4) is 22.5 Å². The molecule has 7 heteroatoms. The van der Waals surface area contributed by atoms with Crippen LogP contribution in [-0.4, -0.2) is 29.8 Å². The molecule has 0 fully saturated rings. The van der Waals surface area contributed by atoms with E-state index in [1.807, 2.05) is 33.5 Å². The first-order valence-corrected chi connectivity index (χ1v) is 10.9. The van der Waals surface area contributed by atoms with E-state index in [1.165, 1.54) is 0 Å². The summed E-state index contributed by atoms with van der Waals surface area (Å²) in [5.41, 5.74) is 5.39. The van der Waals surface area contributed by atoms with Crippen molar-refractivity contribution in [2.24, 2.45) is 0 Å². The second kappa shape index (κ2) is 9.55. The van der Waals surface area contributed by atoms with Crippen LogP contribution in [0.15, 0.2) is 59.5 Å². The zero-order chi connectivity index (χ0) is 21.6. The zero-order valence-corrected chi connectivity index (χ0v) is 18.1. The molecule has 2 aromatic heterocycles. The minimum absolute atomic E-state index is 0.0872. The van der Waals surface area contributed by atoms with Crippen LogP contribution in [0.5, 0.6) is 0 Å². The Morgan fingerprint density at radius 1 is 0.968 bits per heavy atom. The number of benzene rings is 2. The summed E-state index contributed by atoms with van der Waals surface area (Å²) < 4.78 is 3.78. The van der Waals surface area contributed by atoms with Gasteiger partial charge in [-0.15, -0.1) is 5.10 Å². The number of unbranched alkanes of at least 4 members (excludes halogenated alkanes) is 1. The zero-order valence-electron chi connectivity index (χ0n) is 18.1. The van der Waals surface area contributed by atoms with E-state index < -0.39 is 0 Å². The third-order valence-corrected chi connectivity index (χ3v) is 5.52. The van der Waals surface area contributed by atoms with E-state index in [0.29, 0.717) is 12.4 Å². The van der Waals surface area contributed by atoms with Crippen LogP contribution in [0, 0.1) is 0 Å². The molecule has 0 aliphatic heterocycles. The molecule has 160 valence electrons. The number of imidazole rings is 1. The molecular formula is C24H28N6O. The molecule has 0 spiro atoms. The number of rotatable bonds is 9. The molecule has 0 saturated heterocycles. The Labute approximate surface area is 181 Å². The first kappa shape index (κ1) is 20.8. The Morgan fingerprint density at radius 3 is 2.42 bits per heavy atom. The van der Waals surface area contributed by atoms with E-state index >= 15 is 0 Å². The lowest BCUT2D eigenvalue weighted by molar-refractivity contribution is 0.592. The van der Waals surface area contributed by atoms with E-state index in [9.17, 15) is 4.79 Å². The Hall–Kier alpha value is -3.48. The summed E-state index contributed by atoms with van der Waals surface area (Å²) in [5.74, 6) is 0.642. The third-order valence-electron chi connectivity index (χ3n) is 5.52. The number of H-pyrrole nitrogens is 1. The van der Waals surface area contributed by atoms with Crippen molar-refractivity contribution in [1.82, 2.24) is 29.8 Å². The summed E-state index contributed by atoms with van der Waals surface area (Å²) in [6.07, 6.45) is 6.06. The predicted molar refractivity (Wildman–Crippen MR) is 122 cm³/mol. The minimum atomic E-state index is 0.0872. The molecule has 0 bridgehead atoms. The number of nitrogens with zero attached hydrogens (tertiary/aromatic N) is 5. The standard InChI is InChI=1S/C24H28N6O/c1-3-5-15-29-17-20(8-4-2)30(24(29)31)16-18-11-13-19(14-12-18)21-9-6-7-10-22(21)23-25-27-28-26-23/h6-7,9-14,17H,3-5,8,15-16H2,1-2H3,(H,25,26,27,28). The molecule has 1 N–H and O–H groups in total. The molecule has 4 aromatic rings. The van der Waals surface area contributed by atoms with Gasteiger partial charge in [-0.25, -0.2) is 9.89 Å². The topological polar surface area (TPSA) is 81.4 Å². The van der Waals surface area contributed by atoms with Gasteiger partial charge in [-0.3, -0.25) is 9.13 Å². The SMILES string of the molecule is CCCCn1cc(CCC)n(Cc2ccc(-c3ccccc3-c3nnn[nH]3)cc2)c1=O. The molecule has 0 unspecified atom stereocenters. The summed E-state index contributed by atoms with van der Waals surface area (Å²) in [7, 11) is 0.